The van der Waals surface area contributed by atoms with Crippen LogP contribution in [0.25, 0.3) is 43.8 Å². The van der Waals surface area contributed by atoms with E-state index in [9.17, 15) is 13.2 Å². The molecule has 7 heteroatoms. The van der Waals surface area contributed by atoms with Gasteiger partial charge in [0.05, 0.1) is 0 Å². The minimum absolute atomic E-state index is 0.281. The molecule has 0 unspecified atom stereocenters. The predicted molar refractivity (Wildman–Crippen MR) is 300 cm³/mol. The van der Waals surface area contributed by atoms with Crippen LogP contribution in [0.1, 0.15) is 157 Å². The Bertz CT molecular complexity index is 2500. The summed E-state index contributed by atoms with van der Waals surface area (Å²) in [6, 6.07) is 43.7. The molecule has 8 bridgehead atoms. The van der Waals surface area contributed by atoms with Gasteiger partial charge in [-0.25, -0.2) is 0 Å². The van der Waals surface area contributed by atoms with Gasteiger partial charge in [0.15, 0.2) is 0 Å². The Hall–Kier alpha value is -2.43. The van der Waals surface area contributed by atoms with Crippen molar-refractivity contribution in [1.82, 2.24) is 0 Å². The number of hydrogen-bond acceptors (Lipinski definition) is 0. The third-order valence-corrected chi connectivity index (χ3v) is 20.7. The third kappa shape index (κ3) is 12.0. The largest absolute Gasteiger partial charge is 0.164 e. The minimum atomic E-state index is -3.94. The first-order valence-electron chi connectivity index (χ1n) is 28.7. The second kappa shape index (κ2) is 22.9. The molecule has 0 aromatic heterocycles. The number of hydrogen-bond donors (Lipinski definition) is 0. The molecule has 16 rings (SSSR count). The average molecular weight is 1120 g/mol. The molecule has 0 saturated heterocycles. The first-order chi connectivity index (χ1) is 35.5. The quantitative estimate of drug-likeness (QED) is 0.0947. The van der Waals surface area contributed by atoms with Crippen molar-refractivity contribution in [3.63, 3.8) is 0 Å². The third-order valence-electron chi connectivity index (χ3n) is 20.0. The van der Waals surface area contributed by atoms with E-state index in [1.165, 1.54) is 185 Å². The van der Waals surface area contributed by atoms with Crippen LogP contribution in [0.15, 0.2) is 109 Å². The molecule has 10 aliphatic rings. The second-order valence-corrected chi connectivity index (χ2v) is 30.1. The SMILES string of the molecule is C[Si]CCC(F)(F)F.[Cl][Zr+2][Cl].c1cc(-c2ccc(C34CC5CC(CC(C5)C3)C4)cc2)c2cc(CC3CCCC3)[cH-]c2c1.c1cc(-c2ccc(C34CC5CC(CC(C5)C3)C4)cc2)c2cc(CC3CCCC3)[cH-]c2c1. The van der Waals surface area contributed by atoms with Crippen LogP contribution in [0, 0.1) is 47.3 Å². The molecule has 0 nitrogen and oxygen atoms in total. The summed E-state index contributed by atoms with van der Waals surface area (Å²) in [6.07, 6.45) is 27.4. The van der Waals surface area contributed by atoms with E-state index in [0.29, 0.717) is 20.3 Å². The van der Waals surface area contributed by atoms with Crippen molar-refractivity contribution in [3.05, 3.63) is 131 Å². The van der Waals surface area contributed by atoms with Gasteiger partial charge in [-0.05, 0) is 170 Å². The van der Waals surface area contributed by atoms with E-state index in [0.717, 1.165) is 47.3 Å². The molecule has 2 radical (unpaired) electrons. The summed E-state index contributed by atoms with van der Waals surface area (Å²) in [6.45, 7) is 1.77. The molecule has 0 atom stereocenters. The average Bonchev–Trinajstić information content (AvgIpc) is 4.22. The molecule has 6 aromatic carbocycles. The van der Waals surface area contributed by atoms with Gasteiger partial charge in [-0.3, -0.25) is 0 Å². The van der Waals surface area contributed by atoms with Gasteiger partial charge in [0.25, 0.3) is 0 Å². The van der Waals surface area contributed by atoms with Gasteiger partial charge in [-0.1, -0.05) is 136 Å². The molecule has 0 heterocycles. The van der Waals surface area contributed by atoms with E-state index < -0.39 is 33.4 Å². The Morgan fingerprint density at radius 3 is 1.18 bits per heavy atom. The Labute approximate surface area is 457 Å². The fraction of sp³-hybridized carbons (Fsp3) is 0.545. The van der Waals surface area contributed by atoms with Crippen LogP contribution in [-0.2, 0) is 44.5 Å². The van der Waals surface area contributed by atoms with Gasteiger partial charge in [0.2, 0.25) is 0 Å². The number of alkyl halides is 3. The normalized spacial score (nSPS) is 28.9. The number of fused-ring (bicyclic) bond motifs is 2. The van der Waals surface area contributed by atoms with Gasteiger partial charge in [-0.2, -0.15) is 25.3 Å². The van der Waals surface area contributed by atoms with Gasteiger partial charge < -0.3 is 0 Å². The van der Waals surface area contributed by atoms with Crippen LogP contribution in [0.2, 0.25) is 12.6 Å². The summed E-state index contributed by atoms with van der Waals surface area (Å²) in [7, 11) is 10.3. The standard InChI is InChI=1S/2C31H35.C4H7F3Si.2ClH.Zr/c2*1-2-5-21(4-1)12-22-16-27-6-3-7-29(30(27)17-22)26-8-10-28(11-9-26)31-18-23-13-24(19-31)15-25(14-23)20-31;1-8-3-2-4(5,6)7;;;/h2*3,6-11,16-17,21,23-25H,1-2,4-5,12-15,18-20H2;2-3H2,1H3;2*1H;/q2*-1;;;;+4/p-2. The van der Waals surface area contributed by atoms with Crippen LogP contribution in [0.3, 0.4) is 0 Å². The summed E-state index contributed by atoms with van der Waals surface area (Å²) in [5.41, 5.74) is 13.1. The molecule has 10 aliphatic carbocycles. The zero-order valence-corrected chi connectivity index (χ0v) is 48.3. The van der Waals surface area contributed by atoms with Gasteiger partial charge in [0, 0.05) is 15.9 Å². The summed E-state index contributed by atoms with van der Waals surface area (Å²) in [5.74, 6) is 7.93. The fourth-order valence-electron chi connectivity index (χ4n) is 17.6. The second-order valence-electron chi connectivity index (χ2n) is 25.1. The van der Waals surface area contributed by atoms with Crippen LogP contribution in [-0.4, -0.2) is 15.7 Å². The number of rotatable bonds is 10. The number of benzene rings is 4. The monoisotopic (exact) mass is 1110 g/mol. The molecule has 73 heavy (non-hydrogen) atoms. The van der Waals surface area contributed by atoms with Gasteiger partial charge in [-0.15, -0.1) is 69.1 Å². The first-order valence-corrected chi connectivity index (χ1v) is 36.8. The molecule has 6 aromatic rings. The Kier molecular flexibility index (Phi) is 16.5. The molecule has 384 valence electrons. The van der Waals surface area contributed by atoms with E-state index >= 15 is 0 Å². The van der Waals surface area contributed by atoms with Gasteiger partial charge >= 0.3 is 44.1 Å². The van der Waals surface area contributed by atoms with Crippen LogP contribution >= 0.6 is 17.0 Å². The van der Waals surface area contributed by atoms with E-state index in [1.807, 2.05) is 0 Å². The summed E-state index contributed by atoms with van der Waals surface area (Å²) in [5, 5.41) is 5.77. The van der Waals surface area contributed by atoms with E-state index in [-0.39, 0.29) is 6.04 Å². The molecule has 10 fully saturated rings. The van der Waals surface area contributed by atoms with Gasteiger partial charge in [0.1, 0.15) is 0 Å². The molecular formula is C66H77Cl2F3SiZr. The summed E-state index contributed by atoms with van der Waals surface area (Å²) >= 11 is -0.826. The van der Waals surface area contributed by atoms with Crippen molar-refractivity contribution >= 4 is 48.1 Å². The fourth-order valence-corrected chi connectivity index (χ4v) is 18.2. The topological polar surface area (TPSA) is 0 Å². The molecule has 0 N–H and O–H groups in total. The maximum Gasteiger partial charge on any atom is -0.00391 e. The first kappa shape index (κ1) is 52.6. The Balaban J connectivity index is 0.000000131. The molecule has 0 spiro atoms. The maximum absolute atomic E-state index is 11.2. The smallest absolute Gasteiger partial charge is 0.00391 e. The van der Waals surface area contributed by atoms with E-state index in [2.05, 4.69) is 109 Å². The van der Waals surface area contributed by atoms with Crippen molar-refractivity contribution in [2.24, 2.45) is 47.3 Å². The van der Waals surface area contributed by atoms with Crippen LogP contribution in [0.5, 0.6) is 0 Å². The predicted octanol–water partition coefficient (Wildman–Crippen LogP) is 20.3. The molecule has 0 amide bonds. The Morgan fingerprint density at radius 2 is 0.877 bits per heavy atom. The minimum Gasteiger partial charge on any atom is -0.164 e. The number of halogens is 5. The van der Waals surface area contributed by atoms with Crippen LogP contribution in [0.4, 0.5) is 13.2 Å². The van der Waals surface area contributed by atoms with E-state index in [4.69, 9.17) is 17.0 Å². The zero-order valence-electron chi connectivity index (χ0n) is 43.4. The molecular weight excluding hydrogens is 1040 g/mol. The van der Waals surface area contributed by atoms with Crippen molar-refractivity contribution in [2.45, 2.75) is 177 Å². The molecule has 10 saturated carbocycles. The van der Waals surface area contributed by atoms with Crippen molar-refractivity contribution in [2.75, 3.05) is 0 Å². The van der Waals surface area contributed by atoms with E-state index in [1.54, 1.807) is 28.8 Å². The summed E-state index contributed by atoms with van der Waals surface area (Å²) in [4.78, 5) is 0. The molecule has 0 aliphatic heterocycles. The zero-order chi connectivity index (χ0) is 50.2. The summed E-state index contributed by atoms with van der Waals surface area (Å²) < 4.78 is 33.7. The van der Waals surface area contributed by atoms with Crippen LogP contribution < -0.4 is 0 Å². The van der Waals surface area contributed by atoms with Crippen molar-refractivity contribution in [1.29, 1.82) is 0 Å². The van der Waals surface area contributed by atoms with Crippen molar-refractivity contribution in [3.8, 4) is 22.3 Å². The maximum atomic E-state index is 11.2. The van der Waals surface area contributed by atoms with Crippen molar-refractivity contribution < 1.29 is 34.0 Å². The Morgan fingerprint density at radius 1 is 0.534 bits per heavy atom.